The van der Waals surface area contributed by atoms with Gasteiger partial charge in [0, 0.05) is 17.5 Å². The maximum atomic E-state index is 4.82. The van der Waals surface area contributed by atoms with Gasteiger partial charge in [-0.25, -0.2) is 0 Å². The Kier molecular flexibility index (Phi) is 3.79. The second-order valence-electron chi connectivity index (χ2n) is 4.91. The number of aryl methyl sites for hydroxylation is 1. The van der Waals surface area contributed by atoms with E-state index in [1.54, 1.807) is 0 Å². The molecular weight excluding hydrogens is 246 g/mol. The van der Waals surface area contributed by atoms with Gasteiger partial charge in [-0.05, 0) is 26.1 Å². The molecule has 0 radical (unpaired) electrons. The molecule has 0 atom stereocenters. The van der Waals surface area contributed by atoms with Gasteiger partial charge in [-0.3, -0.25) is 4.68 Å². The first-order valence-corrected chi connectivity index (χ1v) is 7.06. The predicted molar refractivity (Wildman–Crippen MR) is 83.7 cm³/mol. The molecule has 1 N–H and O–H groups in total. The highest BCUT2D eigenvalue weighted by atomic mass is 15.3. The van der Waals surface area contributed by atoms with Gasteiger partial charge < -0.3 is 5.32 Å². The average molecular weight is 265 g/mol. The summed E-state index contributed by atoms with van der Waals surface area (Å²) in [6.07, 6.45) is 1.08. The second kappa shape index (κ2) is 5.88. The molecule has 20 heavy (non-hydrogen) atoms. The Balaban J connectivity index is 2.05. The summed E-state index contributed by atoms with van der Waals surface area (Å²) in [4.78, 5) is 0. The van der Waals surface area contributed by atoms with E-state index in [0.717, 1.165) is 25.2 Å². The Morgan fingerprint density at radius 2 is 1.75 bits per heavy atom. The summed E-state index contributed by atoms with van der Waals surface area (Å²) >= 11 is 0. The minimum absolute atomic E-state index is 0.939. The van der Waals surface area contributed by atoms with Gasteiger partial charge in [-0.15, -0.1) is 0 Å². The van der Waals surface area contributed by atoms with Crippen molar-refractivity contribution in [2.45, 2.75) is 13.0 Å². The zero-order chi connectivity index (χ0) is 13.8. The molecule has 3 aromatic rings. The SMILES string of the molecule is CNCCCn1nc(-c2ccccc2)c2ccccc21. The molecule has 0 spiro atoms. The first-order valence-electron chi connectivity index (χ1n) is 7.06. The Morgan fingerprint density at radius 3 is 2.55 bits per heavy atom. The van der Waals surface area contributed by atoms with Crippen LogP contribution >= 0.6 is 0 Å². The molecular formula is C17H19N3. The van der Waals surface area contributed by atoms with E-state index in [1.165, 1.54) is 16.5 Å². The quantitative estimate of drug-likeness (QED) is 0.717. The zero-order valence-corrected chi connectivity index (χ0v) is 11.7. The van der Waals surface area contributed by atoms with Crippen LogP contribution in [0.25, 0.3) is 22.2 Å². The van der Waals surface area contributed by atoms with Crippen LogP contribution < -0.4 is 5.32 Å². The molecule has 0 saturated heterocycles. The van der Waals surface area contributed by atoms with Crippen LogP contribution in [-0.4, -0.2) is 23.4 Å². The smallest absolute Gasteiger partial charge is 0.100 e. The molecule has 102 valence electrons. The first-order chi connectivity index (χ1) is 9.90. The van der Waals surface area contributed by atoms with Gasteiger partial charge in [0.05, 0.1) is 5.52 Å². The van der Waals surface area contributed by atoms with Crippen LogP contribution in [-0.2, 0) is 6.54 Å². The van der Waals surface area contributed by atoms with Crippen molar-refractivity contribution in [2.24, 2.45) is 0 Å². The third kappa shape index (κ3) is 2.45. The van der Waals surface area contributed by atoms with Crippen LogP contribution in [0.15, 0.2) is 54.6 Å². The molecule has 0 aliphatic carbocycles. The number of hydrogen-bond donors (Lipinski definition) is 1. The Labute approximate surface area is 119 Å². The number of benzene rings is 2. The Hall–Kier alpha value is -2.13. The normalized spacial score (nSPS) is 11.1. The van der Waals surface area contributed by atoms with E-state index >= 15 is 0 Å². The standard InChI is InChI=1S/C17H19N3/c1-18-12-7-13-20-16-11-6-5-10-15(16)17(19-20)14-8-3-2-4-9-14/h2-6,8-11,18H,7,12-13H2,1H3. The molecule has 3 heteroatoms. The van der Waals surface area contributed by atoms with Gasteiger partial charge in [0.15, 0.2) is 0 Å². The minimum atomic E-state index is 0.939. The van der Waals surface area contributed by atoms with E-state index in [-0.39, 0.29) is 0 Å². The van der Waals surface area contributed by atoms with Gasteiger partial charge >= 0.3 is 0 Å². The fraction of sp³-hybridized carbons (Fsp3) is 0.235. The third-order valence-corrected chi connectivity index (χ3v) is 3.50. The van der Waals surface area contributed by atoms with Crippen molar-refractivity contribution in [3.63, 3.8) is 0 Å². The van der Waals surface area contributed by atoms with Crippen molar-refractivity contribution in [1.82, 2.24) is 15.1 Å². The molecule has 0 aliphatic heterocycles. The van der Waals surface area contributed by atoms with Crippen LogP contribution in [0.2, 0.25) is 0 Å². The van der Waals surface area contributed by atoms with Gasteiger partial charge in [-0.2, -0.15) is 5.10 Å². The summed E-state index contributed by atoms with van der Waals surface area (Å²) in [5, 5.41) is 9.23. The van der Waals surface area contributed by atoms with Gasteiger partial charge in [0.2, 0.25) is 0 Å². The molecule has 0 bridgehead atoms. The molecule has 1 heterocycles. The summed E-state index contributed by atoms with van der Waals surface area (Å²) in [6, 6.07) is 18.8. The van der Waals surface area contributed by atoms with Crippen LogP contribution in [0.4, 0.5) is 0 Å². The van der Waals surface area contributed by atoms with E-state index in [1.807, 2.05) is 13.1 Å². The van der Waals surface area contributed by atoms with Crippen molar-refractivity contribution in [3.05, 3.63) is 54.6 Å². The van der Waals surface area contributed by atoms with E-state index in [9.17, 15) is 0 Å². The molecule has 3 rings (SSSR count). The highest BCUT2D eigenvalue weighted by molar-refractivity contribution is 5.93. The molecule has 0 saturated carbocycles. The molecule has 3 nitrogen and oxygen atoms in total. The second-order valence-corrected chi connectivity index (χ2v) is 4.91. The maximum absolute atomic E-state index is 4.82. The molecule has 0 aliphatic rings. The average Bonchev–Trinajstić information content (AvgIpc) is 2.88. The molecule has 0 amide bonds. The zero-order valence-electron chi connectivity index (χ0n) is 11.7. The largest absolute Gasteiger partial charge is 0.320 e. The third-order valence-electron chi connectivity index (χ3n) is 3.50. The molecule has 2 aromatic carbocycles. The van der Waals surface area contributed by atoms with E-state index in [4.69, 9.17) is 5.10 Å². The fourth-order valence-corrected chi connectivity index (χ4v) is 2.51. The molecule has 0 unspecified atom stereocenters. The highest BCUT2D eigenvalue weighted by Gasteiger charge is 2.10. The van der Waals surface area contributed by atoms with Crippen molar-refractivity contribution in [2.75, 3.05) is 13.6 Å². The van der Waals surface area contributed by atoms with Gasteiger partial charge in [-0.1, -0.05) is 48.5 Å². The van der Waals surface area contributed by atoms with Crippen LogP contribution in [0, 0.1) is 0 Å². The van der Waals surface area contributed by atoms with E-state index in [2.05, 4.69) is 58.5 Å². The predicted octanol–water partition coefficient (Wildman–Crippen LogP) is 3.31. The van der Waals surface area contributed by atoms with Crippen molar-refractivity contribution in [3.8, 4) is 11.3 Å². The lowest BCUT2D eigenvalue weighted by Crippen LogP contribution is -2.11. The number of aromatic nitrogens is 2. The first kappa shape index (κ1) is 12.9. The number of nitrogens with one attached hydrogen (secondary N) is 1. The van der Waals surface area contributed by atoms with Gasteiger partial charge in [0.25, 0.3) is 0 Å². The topological polar surface area (TPSA) is 29.9 Å². The number of para-hydroxylation sites is 1. The summed E-state index contributed by atoms with van der Waals surface area (Å²) in [7, 11) is 1.98. The van der Waals surface area contributed by atoms with Crippen LogP contribution in [0.3, 0.4) is 0 Å². The number of hydrogen-bond acceptors (Lipinski definition) is 2. The van der Waals surface area contributed by atoms with E-state index in [0.29, 0.717) is 0 Å². The summed E-state index contributed by atoms with van der Waals surface area (Å²) in [6.45, 7) is 1.95. The lowest BCUT2D eigenvalue weighted by atomic mass is 10.1. The van der Waals surface area contributed by atoms with Crippen molar-refractivity contribution < 1.29 is 0 Å². The summed E-state index contributed by atoms with van der Waals surface area (Å²) < 4.78 is 2.12. The van der Waals surface area contributed by atoms with Crippen molar-refractivity contribution in [1.29, 1.82) is 0 Å². The number of rotatable bonds is 5. The minimum Gasteiger partial charge on any atom is -0.320 e. The number of fused-ring (bicyclic) bond motifs is 1. The van der Waals surface area contributed by atoms with Crippen LogP contribution in [0.5, 0.6) is 0 Å². The molecule has 0 fully saturated rings. The van der Waals surface area contributed by atoms with Gasteiger partial charge in [0.1, 0.15) is 5.69 Å². The highest BCUT2D eigenvalue weighted by Crippen LogP contribution is 2.27. The lowest BCUT2D eigenvalue weighted by molar-refractivity contribution is 0.578. The molecule has 1 aromatic heterocycles. The van der Waals surface area contributed by atoms with Crippen molar-refractivity contribution >= 4 is 10.9 Å². The number of nitrogens with zero attached hydrogens (tertiary/aromatic N) is 2. The Bertz CT molecular complexity index is 686. The monoisotopic (exact) mass is 265 g/mol. The summed E-state index contributed by atoms with van der Waals surface area (Å²) in [5.41, 5.74) is 3.46. The summed E-state index contributed by atoms with van der Waals surface area (Å²) in [5.74, 6) is 0. The fourth-order valence-electron chi connectivity index (χ4n) is 2.51. The maximum Gasteiger partial charge on any atom is 0.100 e. The van der Waals surface area contributed by atoms with Crippen LogP contribution in [0.1, 0.15) is 6.42 Å². The Morgan fingerprint density at radius 1 is 1.00 bits per heavy atom. The van der Waals surface area contributed by atoms with E-state index < -0.39 is 0 Å². The lowest BCUT2D eigenvalue weighted by Gasteiger charge is -2.02.